The molecular formula is C15H12N4S. The summed E-state index contributed by atoms with van der Waals surface area (Å²) in [6.07, 6.45) is 3.62. The molecule has 0 bridgehead atoms. The monoisotopic (exact) mass is 280 g/mol. The number of benzene rings is 1. The number of imidazole rings is 1. The molecule has 98 valence electrons. The van der Waals surface area contributed by atoms with Gasteiger partial charge in [0.1, 0.15) is 10.8 Å². The molecule has 5 heteroatoms. The highest BCUT2D eigenvalue weighted by Gasteiger charge is 2.11. The third-order valence-corrected chi connectivity index (χ3v) is 3.11. The maximum atomic E-state index is 5.82. The number of thiocarbonyl (C=S) groups is 1. The summed E-state index contributed by atoms with van der Waals surface area (Å²) in [5.74, 6) is 0.634. The lowest BCUT2D eigenvalue weighted by atomic mass is 10.1. The molecule has 0 fully saturated rings. The smallest absolute Gasteiger partial charge is 0.178 e. The van der Waals surface area contributed by atoms with E-state index in [1.165, 1.54) is 0 Å². The molecule has 2 aromatic heterocycles. The van der Waals surface area contributed by atoms with Gasteiger partial charge in [-0.3, -0.25) is 0 Å². The summed E-state index contributed by atoms with van der Waals surface area (Å²) in [6.45, 7) is 0. The predicted molar refractivity (Wildman–Crippen MR) is 85.0 cm³/mol. The topological polar surface area (TPSA) is 67.6 Å². The van der Waals surface area contributed by atoms with Gasteiger partial charge < -0.3 is 10.7 Å². The molecule has 0 radical (unpaired) electrons. The molecule has 1 aromatic carbocycles. The fraction of sp³-hybridized carbons (Fsp3) is 0. The summed E-state index contributed by atoms with van der Waals surface area (Å²) in [4.78, 5) is 12.1. The summed E-state index contributed by atoms with van der Waals surface area (Å²) in [7, 11) is 0. The van der Waals surface area contributed by atoms with Gasteiger partial charge >= 0.3 is 0 Å². The van der Waals surface area contributed by atoms with E-state index in [1.54, 1.807) is 6.20 Å². The first-order valence-corrected chi connectivity index (χ1v) is 6.52. The van der Waals surface area contributed by atoms with Crippen molar-refractivity contribution in [3.05, 3.63) is 60.0 Å². The Kier molecular flexibility index (Phi) is 3.26. The predicted octanol–water partition coefficient (Wildman–Crippen LogP) is 2.78. The fourth-order valence-electron chi connectivity index (χ4n) is 1.94. The molecule has 0 saturated heterocycles. The summed E-state index contributed by atoms with van der Waals surface area (Å²) < 4.78 is 0. The number of hydrogen-bond acceptors (Lipinski definition) is 3. The lowest BCUT2D eigenvalue weighted by Crippen LogP contribution is -2.11. The molecule has 0 spiro atoms. The van der Waals surface area contributed by atoms with E-state index in [0.29, 0.717) is 22.0 Å². The first-order chi connectivity index (χ1) is 9.74. The van der Waals surface area contributed by atoms with Gasteiger partial charge in [0.05, 0.1) is 11.1 Å². The Morgan fingerprint density at radius 3 is 2.65 bits per heavy atom. The normalized spacial score (nSPS) is 11.7. The highest BCUT2D eigenvalue weighted by atomic mass is 32.1. The van der Waals surface area contributed by atoms with Crippen LogP contribution < -0.4 is 5.73 Å². The number of nitrogens with one attached hydrogen (secondary N) is 1. The highest BCUT2D eigenvalue weighted by molar-refractivity contribution is 7.81. The van der Waals surface area contributed by atoms with Gasteiger partial charge in [-0.05, 0) is 23.8 Å². The molecule has 3 rings (SSSR count). The second-order valence-corrected chi connectivity index (χ2v) is 4.73. The number of aromatic nitrogens is 3. The highest BCUT2D eigenvalue weighted by Crippen LogP contribution is 2.18. The minimum absolute atomic E-state index is 0.299. The summed E-state index contributed by atoms with van der Waals surface area (Å²) in [6, 6.07) is 13.6. The maximum Gasteiger partial charge on any atom is 0.178 e. The SMILES string of the molecule is NC(=S)/C(=C/c1ccccc1)c1nc2ncccc2[nH]1. The van der Waals surface area contributed by atoms with Crippen LogP contribution in [-0.2, 0) is 0 Å². The van der Waals surface area contributed by atoms with Crippen LogP contribution in [-0.4, -0.2) is 19.9 Å². The lowest BCUT2D eigenvalue weighted by molar-refractivity contribution is 1.26. The Balaban J connectivity index is 2.11. The molecule has 0 aliphatic rings. The number of hydrogen-bond donors (Lipinski definition) is 2. The average Bonchev–Trinajstić information content (AvgIpc) is 2.89. The standard InChI is InChI=1S/C15H12N4S/c16-13(20)11(9-10-5-2-1-3-6-10)14-18-12-7-4-8-17-15(12)19-14/h1-9H,(H2,16,20)(H,17,18,19)/b11-9-. The van der Waals surface area contributed by atoms with E-state index in [-0.39, 0.29) is 0 Å². The van der Waals surface area contributed by atoms with Gasteiger partial charge in [-0.25, -0.2) is 9.97 Å². The Morgan fingerprint density at radius 2 is 1.95 bits per heavy atom. The van der Waals surface area contributed by atoms with Crippen LogP contribution in [0.2, 0.25) is 0 Å². The third-order valence-electron chi connectivity index (χ3n) is 2.89. The van der Waals surface area contributed by atoms with Gasteiger partial charge in [0, 0.05) is 6.20 Å². The maximum absolute atomic E-state index is 5.82. The van der Waals surface area contributed by atoms with Crippen LogP contribution in [0.15, 0.2) is 48.7 Å². The summed E-state index contributed by atoms with van der Waals surface area (Å²) in [5, 5.41) is 0. The Hall–Kier alpha value is -2.53. The van der Waals surface area contributed by atoms with Crippen LogP contribution in [0.4, 0.5) is 0 Å². The molecule has 0 aliphatic carbocycles. The third kappa shape index (κ3) is 2.44. The minimum Gasteiger partial charge on any atom is -0.389 e. The van der Waals surface area contributed by atoms with Crippen molar-refractivity contribution >= 4 is 40.0 Å². The zero-order valence-corrected chi connectivity index (χ0v) is 11.4. The van der Waals surface area contributed by atoms with Crippen LogP contribution in [0.1, 0.15) is 11.4 Å². The quantitative estimate of drug-likeness (QED) is 0.572. The van der Waals surface area contributed by atoms with Crippen molar-refractivity contribution in [3.63, 3.8) is 0 Å². The summed E-state index contributed by atoms with van der Waals surface area (Å²) >= 11 is 5.13. The van der Waals surface area contributed by atoms with Crippen LogP contribution in [0, 0.1) is 0 Å². The van der Waals surface area contributed by atoms with Crippen LogP contribution in [0.25, 0.3) is 22.8 Å². The summed E-state index contributed by atoms with van der Waals surface area (Å²) in [5.41, 5.74) is 9.05. The number of H-pyrrole nitrogens is 1. The molecule has 4 nitrogen and oxygen atoms in total. The number of fused-ring (bicyclic) bond motifs is 1. The molecule has 0 unspecified atom stereocenters. The number of aromatic amines is 1. The second kappa shape index (κ2) is 5.22. The van der Waals surface area contributed by atoms with Crippen molar-refractivity contribution in [1.82, 2.24) is 15.0 Å². The van der Waals surface area contributed by atoms with E-state index in [2.05, 4.69) is 15.0 Å². The zero-order chi connectivity index (χ0) is 13.9. The van der Waals surface area contributed by atoms with Gasteiger partial charge in [0.25, 0.3) is 0 Å². The van der Waals surface area contributed by atoms with E-state index in [9.17, 15) is 0 Å². The number of nitrogens with two attached hydrogens (primary N) is 1. The van der Waals surface area contributed by atoms with Crippen molar-refractivity contribution in [2.45, 2.75) is 0 Å². The van der Waals surface area contributed by atoms with Crippen LogP contribution in [0.3, 0.4) is 0 Å². The average molecular weight is 280 g/mol. The van der Waals surface area contributed by atoms with Gasteiger partial charge in [0.2, 0.25) is 0 Å². The van der Waals surface area contributed by atoms with Gasteiger partial charge in [-0.2, -0.15) is 0 Å². The molecule has 2 heterocycles. The molecule has 3 aromatic rings. The Bertz CT molecular complexity index is 757. The van der Waals surface area contributed by atoms with E-state index >= 15 is 0 Å². The minimum atomic E-state index is 0.299. The molecule has 0 aliphatic heterocycles. The van der Waals surface area contributed by atoms with Crippen molar-refractivity contribution in [3.8, 4) is 0 Å². The lowest BCUT2D eigenvalue weighted by Gasteiger charge is -2.02. The number of rotatable bonds is 3. The first kappa shape index (κ1) is 12.5. The van der Waals surface area contributed by atoms with Crippen molar-refractivity contribution in [2.75, 3.05) is 0 Å². The Labute approximate surface area is 121 Å². The van der Waals surface area contributed by atoms with Crippen molar-refractivity contribution in [2.24, 2.45) is 5.73 Å². The molecule has 20 heavy (non-hydrogen) atoms. The van der Waals surface area contributed by atoms with Gasteiger partial charge in [0.15, 0.2) is 5.65 Å². The largest absolute Gasteiger partial charge is 0.389 e. The molecule has 0 amide bonds. The van der Waals surface area contributed by atoms with E-state index in [0.717, 1.165) is 11.1 Å². The van der Waals surface area contributed by atoms with Gasteiger partial charge in [-0.15, -0.1) is 0 Å². The van der Waals surface area contributed by atoms with Crippen LogP contribution >= 0.6 is 12.2 Å². The number of nitrogens with zero attached hydrogens (tertiary/aromatic N) is 2. The van der Waals surface area contributed by atoms with E-state index in [1.807, 2.05) is 48.5 Å². The van der Waals surface area contributed by atoms with Gasteiger partial charge in [-0.1, -0.05) is 42.5 Å². The first-order valence-electron chi connectivity index (χ1n) is 6.12. The fourth-order valence-corrected chi connectivity index (χ4v) is 2.10. The second-order valence-electron chi connectivity index (χ2n) is 4.29. The molecular weight excluding hydrogens is 268 g/mol. The van der Waals surface area contributed by atoms with Crippen molar-refractivity contribution in [1.29, 1.82) is 0 Å². The van der Waals surface area contributed by atoms with E-state index < -0.39 is 0 Å². The van der Waals surface area contributed by atoms with E-state index in [4.69, 9.17) is 18.0 Å². The zero-order valence-electron chi connectivity index (χ0n) is 10.6. The number of pyridine rings is 1. The van der Waals surface area contributed by atoms with Crippen LogP contribution in [0.5, 0.6) is 0 Å². The van der Waals surface area contributed by atoms with Crippen molar-refractivity contribution < 1.29 is 0 Å². The molecule has 0 saturated carbocycles. The molecule has 3 N–H and O–H groups in total. The Morgan fingerprint density at radius 1 is 1.15 bits per heavy atom. The molecule has 0 atom stereocenters.